The van der Waals surface area contributed by atoms with E-state index in [4.69, 9.17) is 0 Å². The molecule has 0 bridgehead atoms. The largest absolute Gasteiger partial charge is 0.502 e. The molecule has 0 saturated carbocycles. The predicted molar refractivity (Wildman–Crippen MR) is 57.2 cm³/mol. The van der Waals surface area contributed by atoms with E-state index in [9.17, 15) is 9.90 Å². The molecule has 0 radical (unpaired) electrons. The maximum Gasteiger partial charge on any atom is 0.300 e. The lowest BCUT2D eigenvalue weighted by molar-refractivity contribution is 0.457. The van der Waals surface area contributed by atoms with Gasteiger partial charge in [0.15, 0.2) is 0 Å². The third-order valence-corrected chi connectivity index (χ3v) is 2.47. The second-order valence-electron chi connectivity index (χ2n) is 3.43. The molecule has 0 unspecified atom stereocenters. The first-order valence-corrected chi connectivity index (χ1v) is 4.85. The fourth-order valence-corrected chi connectivity index (χ4v) is 1.59. The minimum atomic E-state index is -0.409. The standard InChI is InChI=1S/C11H12N2O2/c1-3-8-5-4-6-13-10(8)12-7(2)9(14)11(13)15/h4-6,14H,3H2,1-2H3. The Balaban J connectivity index is 2.98. The maximum atomic E-state index is 11.7. The molecule has 78 valence electrons. The van der Waals surface area contributed by atoms with Crippen LogP contribution in [0.1, 0.15) is 18.2 Å². The van der Waals surface area contributed by atoms with Crippen LogP contribution in [0.2, 0.25) is 0 Å². The third-order valence-electron chi connectivity index (χ3n) is 2.47. The molecule has 4 heteroatoms. The second kappa shape index (κ2) is 3.38. The average molecular weight is 204 g/mol. The molecule has 0 aliphatic rings. The number of aryl methyl sites for hydroxylation is 2. The molecular weight excluding hydrogens is 192 g/mol. The Bertz CT molecular complexity index is 573. The first-order valence-electron chi connectivity index (χ1n) is 4.85. The molecule has 0 aliphatic carbocycles. The molecule has 4 nitrogen and oxygen atoms in total. The lowest BCUT2D eigenvalue weighted by Gasteiger charge is -2.06. The molecule has 2 aromatic heterocycles. The molecule has 0 atom stereocenters. The molecule has 0 aromatic carbocycles. The third kappa shape index (κ3) is 1.38. The Hall–Kier alpha value is -1.84. The van der Waals surface area contributed by atoms with Crippen LogP contribution >= 0.6 is 0 Å². The molecule has 2 aromatic rings. The summed E-state index contributed by atoms with van der Waals surface area (Å²) >= 11 is 0. The number of rotatable bonds is 1. The average Bonchev–Trinajstić information content (AvgIpc) is 2.25. The van der Waals surface area contributed by atoms with Crippen molar-refractivity contribution in [3.05, 3.63) is 39.9 Å². The first kappa shape index (κ1) is 9.71. The van der Waals surface area contributed by atoms with Crippen molar-refractivity contribution in [2.75, 3.05) is 0 Å². The second-order valence-corrected chi connectivity index (χ2v) is 3.43. The van der Waals surface area contributed by atoms with Crippen LogP contribution in [0.25, 0.3) is 5.65 Å². The van der Waals surface area contributed by atoms with Gasteiger partial charge in [0.25, 0.3) is 5.56 Å². The Kier molecular flexibility index (Phi) is 2.19. The quantitative estimate of drug-likeness (QED) is 0.761. The van der Waals surface area contributed by atoms with Crippen molar-refractivity contribution in [2.24, 2.45) is 0 Å². The van der Waals surface area contributed by atoms with E-state index in [1.54, 1.807) is 19.2 Å². The normalized spacial score (nSPS) is 10.8. The minimum Gasteiger partial charge on any atom is -0.502 e. The van der Waals surface area contributed by atoms with Gasteiger partial charge in [-0.1, -0.05) is 13.0 Å². The highest BCUT2D eigenvalue weighted by Crippen LogP contribution is 2.12. The zero-order valence-corrected chi connectivity index (χ0v) is 8.69. The number of aromatic hydroxyl groups is 1. The van der Waals surface area contributed by atoms with Gasteiger partial charge in [-0.15, -0.1) is 0 Å². The molecule has 0 aliphatic heterocycles. The summed E-state index contributed by atoms with van der Waals surface area (Å²) < 4.78 is 1.38. The molecule has 15 heavy (non-hydrogen) atoms. The van der Waals surface area contributed by atoms with Crippen molar-refractivity contribution < 1.29 is 5.11 Å². The van der Waals surface area contributed by atoms with Crippen molar-refractivity contribution in [3.63, 3.8) is 0 Å². The summed E-state index contributed by atoms with van der Waals surface area (Å²) in [6, 6.07) is 3.71. The summed E-state index contributed by atoms with van der Waals surface area (Å²) in [5.41, 5.74) is 1.59. The number of nitrogens with zero attached hydrogens (tertiary/aromatic N) is 2. The SMILES string of the molecule is CCc1cccn2c(=O)c(O)c(C)nc12. The van der Waals surface area contributed by atoms with E-state index in [0.29, 0.717) is 11.3 Å². The van der Waals surface area contributed by atoms with Gasteiger partial charge in [0.05, 0.1) is 5.69 Å². The molecule has 0 amide bonds. The summed E-state index contributed by atoms with van der Waals surface area (Å²) in [6.07, 6.45) is 2.42. The van der Waals surface area contributed by atoms with Gasteiger partial charge in [-0.3, -0.25) is 9.20 Å². The molecule has 1 N–H and O–H groups in total. The summed E-state index contributed by atoms with van der Waals surface area (Å²) in [5, 5.41) is 9.47. The highest BCUT2D eigenvalue weighted by atomic mass is 16.3. The van der Waals surface area contributed by atoms with Gasteiger partial charge in [0.2, 0.25) is 5.75 Å². The van der Waals surface area contributed by atoms with Crippen molar-refractivity contribution in [2.45, 2.75) is 20.3 Å². The lowest BCUT2D eigenvalue weighted by atomic mass is 10.2. The van der Waals surface area contributed by atoms with Crippen molar-refractivity contribution >= 4 is 5.65 Å². The number of hydrogen-bond donors (Lipinski definition) is 1. The number of pyridine rings is 1. The van der Waals surface area contributed by atoms with Crippen LogP contribution in [0, 0.1) is 6.92 Å². The molecule has 0 fully saturated rings. The van der Waals surface area contributed by atoms with E-state index >= 15 is 0 Å². The zero-order chi connectivity index (χ0) is 11.0. The highest BCUT2D eigenvalue weighted by molar-refractivity contribution is 5.49. The van der Waals surface area contributed by atoms with Crippen molar-refractivity contribution in [1.82, 2.24) is 9.38 Å². The Labute approximate surface area is 86.8 Å². The smallest absolute Gasteiger partial charge is 0.300 e. The van der Waals surface area contributed by atoms with Gasteiger partial charge in [0, 0.05) is 6.20 Å². The van der Waals surface area contributed by atoms with Crippen LogP contribution in [-0.4, -0.2) is 14.5 Å². The number of hydrogen-bond acceptors (Lipinski definition) is 3. The Morgan fingerprint density at radius 1 is 1.53 bits per heavy atom. The molecular formula is C11H12N2O2. The van der Waals surface area contributed by atoms with Gasteiger partial charge < -0.3 is 5.11 Å². The number of fused-ring (bicyclic) bond motifs is 1. The fourth-order valence-electron chi connectivity index (χ4n) is 1.59. The van der Waals surface area contributed by atoms with Gasteiger partial charge >= 0.3 is 0 Å². The van der Waals surface area contributed by atoms with Crippen LogP contribution in [0.4, 0.5) is 0 Å². The molecule has 0 saturated heterocycles. The predicted octanol–water partition coefficient (Wildman–Crippen LogP) is 1.27. The summed E-state index contributed by atoms with van der Waals surface area (Å²) in [7, 11) is 0. The Morgan fingerprint density at radius 3 is 2.93 bits per heavy atom. The van der Waals surface area contributed by atoms with Crippen molar-refractivity contribution in [1.29, 1.82) is 0 Å². The molecule has 2 rings (SSSR count). The van der Waals surface area contributed by atoms with Gasteiger partial charge in [-0.05, 0) is 25.0 Å². The molecule has 2 heterocycles. The monoisotopic (exact) mass is 204 g/mol. The fraction of sp³-hybridized carbons (Fsp3) is 0.273. The van der Waals surface area contributed by atoms with Crippen LogP contribution in [0.3, 0.4) is 0 Å². The van der Waals surface area contributed by atoms with Gasteiger partial charge in [0.1, 0.15) is 5.65 Å². The lowest BCUT2D eigenvalue weighted by Crippen LogP contribution is -2.16. The first-order chi connectivity index (χ1) is 7.15. The topological polar surface area (TPSA) is 54.6 Å². The van der Waals surface area contributed by atoms with Crippen LogP contribution in [0.15, 0.2) is 23.1 Å². The van der Waals surface area contributed by atoms with Crippen LogP contribution < -0.4 is 5.56 Å². The van der Waals surface area contributed by atoms with Gasteiger partial charge in [-0.2, -0.15) is 0 Å². The van der Waals surface area contributed by atoms with Crippen LogP contribution in [0.5, 0.6) is 5.75 Å². The Morgan fingerprint density at radius 2 is 2.27 bits per heavy atom. The van der Waals surface area contributed by atoms with Crippen LogP contribution in [-0.2, 0) is 6.42 Å². The summed E-state index contributed by atoms with van der Waals surface area (Å²) in [4.78, 5) is 15.9. The van der Waals surface area contributed by atoms with E-state index in [1.807, 2.05) is 13.0 Å². The van der Waals surface area contributed by atoms with E-state index < -0.39 is 5.56 Å². The summed E-state index contributed by atoms with van der Waals surface area (Å²) in [6.45, 7) is 3.63. The summed E-state index contributed by atoms with van der Waals surface area (Å²) in [5.74, 6) is -0.277. The minimum absolute atomic E-state index is 0.277. The van der Waals surface area contributed by atoms with Gasteiger partial charge in [-0.25, -0.2) is 4.98 Å². The van der Waals surface area contributed by atoms with E-state index in [0.717, 1.165) is 12.0 Å². The highest BCUT2D eigenvalue weighted by Gasteiger charge is 2.09. The zero-order valence-electron chi connectivity index (χ0n) is 8.69. The maximum absolute atomic E-state index is 11.7. The van der Waals surface area contributed by atoms with E-state index in [-0.39, 0.29) is 5.75 Å². The van der Waals surface area contributed by atoms with E-state index in [2.05, 4.69) is 4.98 Å². The van der Waals surface area contributed by atoms with E-state index in [1.165, 1.54) is 4.40 Å². The number of aromatic nitrogens is 2. The van der Waals surface area contributed by atoms with Crippen molar-refractivity contribution in [3.8, 4) is 5.75 Å². The molecule has 0 spiro atoms.